The quantitative estimate of drug-likeness (QED) is 0.696. The lowest BCUT2D eigenvalue weighted by Crippen LogP contribution is -2.62. The summed E-state index contributed by atoms with van der Waals surface area (Å²) in [5.41, 5.74) is 2.14. The van der Waals surface area contributed by atoms with Crippen molar-refractivity contribution < 1.29 is 14.1 Å². The number of nitrogens with zero attached hydrogens (tertiary/aromatic N) is 4. The third-order valence-electron chi connectivity index (χ3n) is 5.44. The Morgan fingerprint density at radius 2 is 1.96 bits per heavy atom. The minimum atomic E-state index is 0.0585. The zero-order valence-corrected chi connectivity index (χ0v) is 15.4. The predicted molar refractivity (Wildman–Crippen MR) is 101 cm³/mol. The van der Waals surface area contributed by atoms with E-state index >= 15 is 0 Å². The number of carbonyl (C=O) groups excluding carboxylic acids is 1. The fraction of sp³-hybridized carbons (Fsp3) is 0.333. The summed E-state index contributed by atoms with van der Waals surface area (Å²) in [5.74, 6) is 2.09. The molecule has 2 aliphatic rings. The number of aromatic nitrogens is 3. The summed E-state index contributed by atoms with van der Waals surface area (Å²) in [7, 11) is 0. The van der Waals surface area contributed by atoms with E-state index in [0.29, 0.717) is 31.2 Å². The van der Waals surface area contributed by atoms with Crippen LogP contribution in [0.1, 0.15) is 17.9 Å². The van der Waals surface area contributed by atoms with Crippen LogP contribution in [0, 0.1) is 5.41 Å². The number of fused-ring (bicyclic) bond motifs is 1. The highest BCUT2D eigenvalue weighted by atomic mass is 16.5. The van der Waals surface area contributed by atoms with Crippen LogP contribution >= 0.6 is 0 Å². The van der Waals surface area contributed by atoms with E-state index in [1.54, 1.807) is 12.4 Å². The first-order valence-corrected chi connectivity index (χ1v) is 9.42. The molecule has 142 valence electrons. The van der Waals surface area contributed by atoms with E-state index in [4.69, 9.17) is 9.26 Å². The van der Waals surface area contributed by atoms with Gasteiger partial charge in [0, 0.05) is 49.3 Å². The van der Waals surface area contributed by atoms with E-state index in [2.05, 4.69) is 21.2 Å². The number of para-hydroxylation sites is 1. The lowest BCUT2D eigenvalue weighted by atomic mass is 9.74. The molecule has 2 aromatic heterocycles. The molecular weight excluding hydrogens is 356 g/mol. The van der Waals surface area contributed by atoms with Gasteiger partial charge < -0.3 is 14.2 Å². The number of amides is 1. The molecule has 7 nitrogen and oxygen atoms in total. The molecule has 7 heteroatoms. The number of rotatable bonds is 4. The Kier molecular flexibility index (Phi) is 4.07. The number of hydrogen-bond donors (Lipinski definition) is 0. The first-order valence-electron chi connectivity index (χ1n) is 9.42. The second kappa shape index (κ2) is 6.74. The van der Waals surface area contributed by atoms with Crippen LogP contribution < -0.4 is 4.74 Å². The van der Waals surface area contributed by atoms with E-state index in [1.165, 1.54) is 5.56 Å². The first kappa shape index (κ1) is 16.9. The molecule has 5 rings (SSSR count). The summed E-state index contributed by atoms with van der Waals surface area (Å²) >= 11 is 0. The van der Waals surface area contributed by atoms with Crippen molar-refractivity contribution in [3.8, 4) is 17.1 Å². The Morgan fingerprint density at radius 1 is 1.14 bits per heavy atom. The highest BCUT2D eigenvalue weighted by Crippen LogP contribution is 2.41. The third-order valence-corrected chi connectivity index (χ3v) is 5.44. The Morgan fingerprint density at radius 3 is 2.82 bits per heavy atom. The maximum atomic E-state index is 12.5. The number of ether oxygens (including phenoxy) is 1. The number of carbonyl (C=O) groups is 1. The molecule has 3 aromatic rings. The van der Waals surface area contributed by atoms with Crippen LogP contribution in [0.25, 0.3) is 11.4 Å². The summed E-state index contributed by atoms with van der Waals surface area (Å²) in [6, 6.07) is 11.8. The van der Waals surface area contributed by atoms with Crippen molar-refractivity contribution >= 4 is 5.91 Å². The van der Waals surface area contributed by atoms with Crippen LogP contribution in [-0.2, 0) is 17.6 Å². The van der Waals surface area contributed by atoms with E-state index in [9.17, 15) is 4.79 Å². The number of pyridine rings is 1. The van der Waals surface area contributed by atoms with Gasteiger partial charge in [0.05, 0.1) is 6.61 Å². The monoisotopic (exact) mass is 376 g/mol. The topological polar surface area (TPSA) is 81.3 Å². The van der Waals surface area contributed by atoms with Gasteiger partial charge >= 0.3 is 0 Å². The van der Waals surface area contributed by atoms with Gasteiger partial charge in [-0.2, -0.15) is 4.98 Å². The van der Waals surface area contributed by atoms with Crippen LogP contribution in [0.3, 0.4) is 0 Å². The summed E-state index contributed by atoms with van der Waals surface area (Å²) < 4.78 is 11.2. The molecule has 0 atom stereocenters. The summed E-state index contributed by atoms with van der Waals surface area (Å²) in [4.78, 5) is 22.8. The molecule has 0 aliphatic carbocycles. The molecule has 0 unspecified atom stereocenters. The first-order chi connectivity index (χ1) is 13.7. The zero-order chi connectivity index (χ0) is 19.0. The van der Waals surface area contributed by atoms with Gasteiger partial charge in [-0.05, 0) is 30.2 Å². The fourth-order valence-electron chi connectivity index (χ4n) is 3.97. The highest BCUT2D eigenvalue weighted by molar-refractivity contribution is 5.77. The summed E-state index contributed by atoms with van der Waals surface area (Å²) in [5, 5.41) is 3.98. The largest absolute Gasteiger partial charge is 0.493 e. The van der Waals surface area contributed by atoms with Crippen molar-refractivity contribution in [3.05, 3.63) is 60.2 Å². The maximum Gasteiger partial charge on any atom is 0.227 e. The van der Waals surface area contributed by atoms with Crippen molar-refractivity contribution in [1.29, 1.82) is 0 Å². The van der Waals surface area contributed by atoms with Gasteiger partial charge in [0.1, 0.15) is 5.75 Å². The van der Waals surface area contributed by atoms with Crippen molar-refractivity contribution in [1.82, 2.24) is 20.0 Å². The van der Waals surface area contributed by atoms with Crippen molar-refractivity contribution in [2.24, 2.45) is 5.41 Å². The normalized spacial score (nSPS) is 16.9. The zero-order valence-electron chi connectivity index (χ0n) is 15.4. The van der Waals surface area contributed by atoms with Crippen molar-refractivity contribution in [3.63, 3.8) is 0 Å². The molecular formula is C21H20N4O3. The van der Waals surface area contributed by atoms with Gasteiger partial charge in [0.15, 0.2) is 0 Å². The second-order valence-corrected chi connectivity index (χ2v) is 7.57. The van der Waals surface area contributed by atoms with E-state index < -0.39 is 0 Å². The second-order valence-electron chi connectivity index (χ2n) is 7.57. The summed E-state index contributed by atoms with van der Waals surface area (Å²) in [6.07, 6.45) is 5.14. The smallest absolute Gasteiger partial charge is 0.227 e. The van der Waals surface area contributed by atoms with Crippen LogP contribution in [0.15, 0.2) is 53.3 Å². The van der Waals surface area contributed by atoms with Crippen molar-refractivity contribution in [2.75, 3.05) is 19.7 Å². The minimum absolute atomic E-state index is 0.0585. The van der Waals surface area contributed by atoms with Gasteiger partial charge in [0.25, 0.3) is 0 Å². The Labute approximate surface area is 162 Å². The van der Waals surface area contributed by atoms with Crippen LogP contribution in [-0.4, -0.2) is 45.6 Å². The van der Waals surface area contributed by atoms with Gasteiger partial charge in [0.2, 0.25) is 17.6 Å². The molecule has 1 fully saturated rings. The molecule has 1 saturated heterocycles. The Balaban J connectivity index is 1.15. The highest BCUT2D eigenvalue weighted by Gasteiger charge is 2.47. The lowest BCUT2D eigenvalue weighted by Gasteiger charge is -2.51. The van der Waals surface area contributed by atoms with Crippen LogP contribution in [0.2, 0.25) is 0 Å². The van der Waals surface area contributed by atoms with Crippen LogP contribution in [0.5, 0.6) is 5.75 Å². The van der Waals surface area contributed by atoms with E-state index in [-0.39, 0.29) is 11.3 Å². The molecule has 0 saturated carbocycles. The summed E-state index contributed by atoms with van der Waals surface area (Å²) in [6.45, 7) is 2.16. The molecule has 0 N–H and O–H groups in total. The standard InChI is InChI=1S/C21H20N4O3/c26-19(6-5-18-23-20(24-28-18)15-7-9-22-10-8-15)25-12-21(13-25)11-16-3-1-2-4-17(16)27-14-21/h1-4,7-10H,5-6,11-14H2. The number of benzene rings is 1. The third kappa shape index (κ3) is 3.13. The van der Waals surface area contributed by atoms with Gasteiger partial charge in [-0.1, -0.05) is 23.4 Å². The fourth-order valence-corrected chi connectivity index (χ4v) is 3.97. The Bertz CT molecular complexity index is 996. The Hall–Kier alpha value is -3.22. The average Bonchev–Trinajstić information content (AvgIpc) is 3.19. The maximum absolute atomic E-state index is 12.5. The number of hydrogen-bond acceptors (Lipinski definition) is 6. The number of likely N-dealkylation sites (tertiary alicyclic amines) is 1. The molecule has 0 radical (unpaired) electrons. The molecule has 28 heavy (non-hydrogen) atoms. The van der Waals surface area contributed by atoms with E-state index in [1.807, 2.05) is 35.2 Å². The molecule has 1 aromatic carbocycles. The molecule has 1 amide bonds. The van der Waals surface area contributed by atoms with Gasteiger partial charge in [-0.25, -0.2) is 0 Å². The lowest BCUT2D eigenvalue weighted by molar-refractivity contribution is -0.146. The minimum Gasteiger partial charge on any atom is -0.493 e. The molecule has 2 aliphatic heterocycles. The van der Waals surface area contributed by atoms with Gasteiger partial charge in [-0.3, -0.25) is 9.78 Å². The van der Waals surface area contributed by atoms with Crippen LogP contribution in [0.4, 0.5) is 0 Å². The SMILES string of the molecule is O=C(CCc1nc(-c2ccncc2)no1)N1CC2(COc3ccccc3C2)C1. The average molecular weight is 376 g/mol. The molecule has 1 spiro atoms. The number of aryl methyl sites for hydroxylation is 1. The molecule has 4 heterocycles. The van der Waals surface area contributed by atoms with Crippen molar-refractivity contribution in [2.45, 2.75) is 19.3 Å². The molecule has 0 bridgehead atoms. The van der Waals surface area contributed by atoms with E-state index in [0.717, 1.165) is 30.8 Å². The predicted octanol–water partition coefficient (Wildman–Crippen LogP) is 2.53. The van der Waals surface area contributed by atoms with Gasteiger partial charge in [-0.15, -0.1) is 0 Å².